The summed E-state index contributed by atoms with van der Waals surface area (Å²) in [6, 6.07) is 14.3. The molecule has 9 nitrogen and oxygen atoms in total. The van der Waals surface area contributed by atoms with Gasteiger partial charge in [0.1, 0.15) is 11.5 Å². The highest BCUT2D eigenvalue weighted by atomic mass is 16.1. The number of nitrogens with one attached hydrogen (secondary N) is 5. The van der Waals surface area contributed by atoms with Crippen LogP contribution in [0, 0.1) is 5.41 Å². The molecule has 2 heterocycles. The van der Waals surface area contributed by atoms with E-state index >= 15 is 0 Å². The summed E-state index contributed by atoms with van der Waals surface area (Å²) >= 11 is 0. The first-order valence-electron chi connectivity index (χ1n) is 9.18. The number of carbonyl (C=O) groups is 1. The van der Waals surface area contributed by atoms with Crippen LogP contribution in [0.1, 0.15) is 15.9 Å². The Kier molecular flexibility index (Phi) is 5.00. The van der Waals surface area contributed by atoms with Crippen molar-refractivity contribution in [3.05, 3.63) is 65.9 Å². The van der Waals surface area contributed by atoms with E-state index in [1.54, 1.807) is 30.5 Å². The summed E-state index contributed by atoms with van der Waals surface area (Å²) in [6.45, 7) is 0. The standard InChI is InChI=1S/C21H20N8O/c1-24-17-10-15(7-4-13(17)11-22)26-20-16-8-9-25-19(16)28-21(29-20)27-14-5-2-12(3-6-14)18(23)30/h2-11,22,24H,1H3,(H2,23,30)(H3,25,26,27,28,29). The number of primary amides is 1. The number of H-pyrrole nitrogens is 1. The number of benzene rings is 2. The first-order chi connectivity index (χ1) is 14.6. The summed E-state index contributed by atoms with van der Waals surface area (Å²) in [7, 11) is 1.81. The maximum atomic E-state index is 11.2. The highest BCUT2D eigenvalue weighted by Crippen LogP contribution is 2.28. The SMILES string of the molecule is CNc1cc(Nc2nc(Nc3ccc(C(N)=O)cc3)nc3[nH]ccc23)ccc1C=N. The number of hydrogen-bond donors (Lipinski definition) is 6. The van der Waals surface area contributed by atoms with E-state index in [1.165, 1.54) is 6.21 Å². The van der Waals surface area contributed by atoms with Crippen LogP contribution in [0.5, 0.6) is 0 Å². The van der Waals surface area contributed by atoms with Gasteiger partial charge in [-0.15, -0.1) is 0 Å². The molecule has 0 atom stereocenters. The van der Waals surface area contributed by atoms with Crippen LogP contribution >= 0.6 is 0 Å². The first kappa shape index (κ1) is 18.9. The van der Waals surface area contributed by atoms with Crippen molar-refractivity contribution in [2.45, 2.75) is 0 Å². The minimum atomic E-state index is -0.480. The Labute approximate surface area is 172 Å². The van der Waals surface area contributed by atoms with Crippen molar-refractivity contribution < 1.29 is 4.79 Å². The molecule has 1 amide bonds. The maximum absolute atomic E-state index is 11.2. The van der Waals surface area contributed by atoms with E-state index in [4.69, 9.17) is 11.1 Å². The van der Waals surface area contributed by atoms with Crippen molar-refractivity contribution >= 4 is 52.0 Å². The fourth-order valence-corrected chi connectivity index (χ4v) is 3.05. The van der Waals surface area contributed by atoms with Gasteiger partial charge < -0.3 is 32.1 Å². The van der Waals surface area contributed by atoms with Gasteiger partial charge in [-0.05, 0) is 48.5 Å². The lowest BCUT2D eigenvalue weighted by Crippen LogP contribution is -2.10. The van der Waals surface area contributed by atoms with Gasteiger partial charge in [0.05, 0.1) is 5.39 Å². The van der Waals surface area contributed by atoms with Gasteiger partial charge in [-0.3, -0.25) is 4.79 Å². The van der Waals surface area contributed by atoms with Gasteiger partial charge in [0, 0.05) is 47.6 Å². The Bertz CT molecular complexity index is 1230. The third-order valence-corrected chi connectivity index (χ3v) is 4.58. The van der Waals surface area contributed by atoms with Crippen molar-refractivity contribution in [2.24, 2.45) is 5.73 Å². The first-order valence-corrected chi connectivity index (χ1v) is 9.18. The summed E-state index contributed by atoms with van der Waals surface area (Å²) < 4.78 is 0. The molecule has 4 aromatic rings. The third kappa shape index (κ3) is 3.76. The Balaban J connectivity index is 1.66. The Morgan fingerprint density at radius 3 is 2.53 bits per heavy atom. The van der Waals surface area contributed by atoms with Crippen molar-refractivity contribution in [3.8, 4) is 0 Å². The van der Waals surface area contributed by atoms with Crippen LogP contribution in [0.15, 0.2) is 54.7 Å². The summed E-state index contributed by atoms with van der Waals surface area (Å²) in [5, 5.41) is 17.9. The number of hydrogen-bond acceptors (Lipinski definition) is 7. The summed E-state index contributed by atoms with van der Waals surface area (Å²) in [4.78, 5) is 23.5. The van der Waals surface area contributed by atoms with Crippen molar-refractivity contribution in [3.63, 3.8) is 0 Å². The fourth-order valence-electron chi connectivity index (χ4n) is 3.05. The number of nitrogens with zero attached hydrogens (tertiary/aromatic N) is 2. The van der Waals surface area contributed by atoms with Crippen LogP contribution in [0.2, 0.25) is 0 Å². The molecule has 0 radical (unpaired) electrons. The van der Waals surface area contributed by atoms with E-state index in [0.717, 1.165) is 28.0 Å². The van der Waals surface area contributed by atoms with Crippen molar-refractivity contribution in [2.75, 3.05) is 23.0 Å². The predicted octanol–water partition coefficient (Wildman–Crippen LogP) is 3.58. The number of amides is 1. The highest BCUT2D eigenvalue weighted by Gasteiger charge is 2.11. The minimum Gasteiger partial charge on any atom is -0.388 e. The largest absolute Gasteiger partial charge is 0.388 e. The lowest BCUT2D eigenvalue weighted by Gasteiger charge is -2.12. The quantitative estimate of drug-likeness (QED) is 0.262. The van der Waals surface area contributed by atoms with Gasteiger partial charge in [-0.1, -0.05) is 0 Å². The van der Waals surface area contributed by atoms with Gasteiger partial charge in [0.2, 0.25) is 11.9 Å². The third-order valence-electron chi connectivity index (χ3n) is 4.58. The molecule has 150 valence electrons. The number of rotatable bonds is 7. The van der Waals surface area contributed by atoms with E-state index in [-0.39, 0.29) is 0 Å². The summed E-state index contributed by atoms with van der Waals surface area (Å²) in [6.07, 6.45) is 3.10. The lowest BCUT2D eigenvalue weighted by molar-refractivity contribution is 0.100. The molecule has 7 N–H and O–H groups in total. The van der Waals surface area contributed by atoms with Crippen LogP contribution in [0.4, 0.5) is 28.8 Å². The van der Waals surface area contributed by atoms with E-state index in [0.29, 0.717) is 23.0 Å². The second-order valence-electron chi connectivity index (χ2n) is 6.52. The number of fused-ring (bicyclic) bond motifs is 1. The van der Waals surface area contributed by atoms with Gasteiger partial charge in [-0.2, -0.15) is 9.97 Å². The van der Waals surface area contributed by atoms with Gasteiger partial charge >= 0.3 is 0 Å². The molecule has 4 rings (SSSR count). The second kappa shape index (κ2) is 7.92. The molecule has 0 aliphatic rings. The predicted molar refractivity (Wildman–Crippen MR) is 119 cm³/mol. The number of carbonyl (C=O) groups excluding carboxylic acids is 1. The second-order valence-corrected chi connectivity index (χ2v) is 6.52. The minimum absolute atomic E-state index is 0.393. The van der Waals surface area contributed by atoms with Crippen LogP contribution in [0.3, 0.4) is 0 Å². The summed E-state index contributed by atoms with van der Waals surface area (Å²) in [5.41, 5.74) is 9.56. The number of aromatic amines is 1. The fraction of sp³-hybridized carbons (Fsp3) is 0.0476. The van der Waals surface area contributed by atoms with Gasteiger partial charge in [0.15, 0.2) is 0 Å². The lowest BCUT2D eigenvalue weighted by atomic mass is 10.1. The number of nitrogens with two attached hydrogens (primary N) is 1. The van der Waals surface area contributed by atoms with E-state index in [2.05, 4.69) is 30.9 Å². The van der Waals surface area contributed by atoms with E-state index in [9.17, 15) is 4.79 Å². The molecule has 2 aromatic heterocycles. The average Bonchev–Trinajstić information content (AvgIpc) is 3.23. The number of aromatic nitrogens is 3. The molecule has 0 aliphatic carbocycles. The van der Waals surface area contributed by atoms with E-state index < -0.39 is 5.91 Å². The monoisotopic (exact) mass is 400 g/mol. The molecule has 0 unspecified atom stereocenters. The molecular formula is C21H20N8O. The topological polar surface area (TPSA) is 145 Å². The molecule has 0 spiro atoms. The molecule has 0 bridgehead atoms. The molecule has 0 aliphatic heterocycles. The molecule has 2 aromatic carbocycles. The molecule has 0 fully saturated rings. The van der Waals surface area contributed by atoms with Crippen LogP contribution in [-0.4, -0.2) is 34.1 Å². The molecule has 9 heteroatoms. The van der Waals surface area contributed by atoms with Crippen molar-refractivity contribution in [1.82, 2.24) is 15.0 Å². The molecular weight excluding hydrogens is 380 g/mol. The van der Waals surface area contributed by atoms with Gasteiger partial charge in [-0.25, -0.2) is 0 Å². The smallest absolute Gasteiger partial charge is 0.248 e. The molecule has 0 saturated heterocycles. The molecule has 30 heavy (non-hydrogen) atoms. The number of anilines is 5. The Morgan fingerprint density at radius 2 is 1.83 bits per heavy atom. The van der Waals surface area contributed by atoms with Crippen molar-refractivity contribution in [1.29, 1.82) is 5.41 Å². The Morgan fingerprint density at radius 1 is 1.07 bits per heavy atom. The van der Waals surface area contributed by atoms with Crippen LogP contribution in [-0.2, 0) is 0 Å². The van der Waals surface area contributed by atoms with Crippen LogP contribution < -0.4 is 21.7 Å². The normalized spacial score (nSPS) is 10.6. The van der Waals surface area contributed by atoms with Gasteiger partial charge in [0.25, 0.3) is 0 Å². The Hall–Kier alpha value is -4.40. The maximum Gasteiger partial charge on any atom is 0.248 e. The zero-order valence-corrected chi connectivity index (χ0v) is 16.2. The molecule has 0 saturated carbocycles. The summed E-state index contributed by atoms with van der Waals surface area (Å²) in [5.74, 6) is 0.540. The highest BCUT2D eigenvalue weighted by molar-refractivity contribution is 5.93. The average molecular weight is 400 g/mol. The van der Waals surface area contributed by atoms with E-state index in [1.807, 2.05) is 31.3 Å². The zero-order valence-electron chi connectivity index (χ0n) is 16.2. The van der Waals surface area contributed by atoms with Crippen LogP contribution in [0.25, 0.3) is 11.0 Å². The zero-order chi connectivity index (χ0) is 21.1.